The van der Waals surface area contributed by atoms with Crippen LogP contribution in [0.5, 0.6) is 11.5 Å². The van der Waals surface area contributed by atoms with E-state index < -0.39 is 0 Å². The van der Waals surface area contributed by atoms with Gasteiger partial charge in [0.05, 0.1) is 0 Å². The maximum absolute atomic E-state index is 9.49. The number of benzene rings is 2. The van der Waals surface area contributed by atoms with Crippen molar-refractivity contribution < 1.29 is 10.2 Å². The molecule has 0 saturated heterocycles. The van der Waals surface area contributed by atoms with E-state index in [-0.39, 0.29) is 17.5 Å². The second-order valence-corrected chi connectivity index (χ2v) is 5.75. The van der Waals surface area contributed by atoms with Gasteiger partial charge in [-0.3, -0.25) is 0 Å². The molecule has 3 heteroatoms. The van der Waals surface area contributed by atoms with Crippen LogP contribution in [-0.2, 0) is 6.54 Å². The summed E-state index contributed by atoms with van der Waals surface area (Å²) in [5.74, 6) is 0.376. The van der Waals surface area contributed by atoms with Gasteiger partial charge in [-0.15, -0.1) is 0 Å². The first-order valence-electron chi connectivity index (χ1n) is 7.31. The molecule has 0 aliphatic carbocycles. The maximum atomic E-state index is 9.49. The van der Waals surface area contributed by atoms with E-state index >= 15 is 0 Å². The van der Waals surface area contributed by atoms with Gasteiger partial charge in [-0.05, 0) is 41.7 Å². The van der Waals surface area contributed by atoms with Crippen molar-refractivity contribution >= 4 is 0 Å². The Hall–Kier alpha value is -2.00. The highest BCUT2D eigenvalue weighted by atomic mass is 16.3. The van der Waals surface area contributed by atoms with E-state index in [1.54, 1.807) is 12.1 Å². The molecule has 0 aromatic heterocycles. The third-order valence-electron chi connectivity index (χ3n) is 3.76. The first-order chi connectivity index (χ1) is 9.97. The Labute approximate surface area is 126 Å². The van der Waals surface area contributed by atoms with Crippen molar-refractivity contribution in [3.8, 4) is 11.5 Å². The van der Waals surface area contributed by atoms with Crippen molar-refractivity contribution in [1.82, 2.24) is 5.32 Å². The van der Waals surface area contributed by atoms with Gasteiger partial charge in [-0.2, -0.15) is 0 Å². The van der Waals surface area contributed by atoms with E-state index in [2.05, 4.69) is 50.4 Å². The van der Waals surface area contributed by atoms with Crippen LogP contribution in [0.25, 0.3) is 0 Å². The van der Waals surface area contributed by atoms with Crippen molar-refractivity contribution in [2.45, 2.75) is 39.3 Å². The molecule has 0 radical (unpaired) electrons. The van der Waals surface area contributed by atoms with E-state index in [9.17, 15) is 10.2 Å². The molecule has 0 aliphatic heterocycles. The van der Waals surface area contributed by atoms with Crippen LogP contribution in [-0.4, -0.2) is 10.2 Å². The molecule has 0 amide bonds. The fraction of sp³-hybridized carbons (Fsp3) is 0.333. The van der Waals surface area contributed by atoms with Crippen LogP contribution in [0.1, 0.15) is 49.4 Å². The molecular weight excluding hydrogens is 262 g/mol. The predicted molar refractivity (Wildman–Crippen MR) is 85.6 cm³/mol. The van der Waals surface area contributed by atoms with E-state index in [0.717, 1.165) is 5.56 Å². The summed E-state index contributed by atoms with van der Waals surface area (Å²) in [6, 6.07) is 13.8. The van der Waals surface area contributed by atoms with Gasteiger partial charge in [0.2, 0.25) is 0 Å². The predicted octanol–water partition coefficient (Wildman–Crippen LogP) is 4.07. The molecule has 2 aromatic carbocycles. The van der Waals surface area contributed by atoms with Crippen molar-refractivity contribution in [1.29, 1.82) is 0 Å². The summed E-state index contributed by atoms with van der Waals surface area (Å²) in [7, 11) is 0. The number of phenolic OH excluding ortho intramolecular Hbond substituents is 2. The van der Waals surface area contributed by atoms with Gasteiger partial charge in [0.1, 0.15) is 0 Å². The third-order valence-corrected chi connectivity index (χ3v) is 3.76. The number of hydrogen-bond donors (Lipinski definition) is 3. The lowest BCUT2D eigenvalue weighted by atomic mass is 9.99. The zero-order valence-corrected chi connectivity index (χ0v) is 12.8. The van der Waals surface area contributed by atoms with Gasteiger partial charge in [-0.25, -0.2) is 0 Å². The highest BCUT2D eigenvalue weighted by Crippen LogP contribution is 2.25. The van der Waals surface area contributed by atoms with Crippen LogP contribution >= 0.6 is 0 Å². The fourth-order valence-electron chi connectivity index (χ4n) is 2.24. The number of nitrogens with one attached hydrogen (secondary N) is 1. The Morgan fingerprint density at radius 3 is 2.05 bits per heavy atom. The van der Waals surface area contributed by atoms with Gasteiger partial charge in [0.15, 0.2) is 11.5 Å². The minimum Gasteiger partial charge on any atom is -0.504 e. The first-order valence-corrected chi connectivity index (χ1v) is 7.31. The molecule has 3 nitrogen and oxygen atoms in total. The Bertz CT molecular complexity index is 591. The lowest BCUT2D eigenvalue weighted by molar-refractivity contribution is 0.402. The number of phenols is 2. The monoisotopic (exact) mass is 285 g/mol. The zero-order valence-electron chi connectivity index (χ0n) is 12.8. The molecule has 0 heterocycles. The Balaban J connectivity index is 1.97. The molecule has 112 valence electrons. The average Bonchev–Trinajstić information content (AvgIpc) is 2.48. The summed E-state index contributed by atoms with van der Waals surface area (Å²) in [6.45, 7) is 7.13. The highest BCUT2D eigenvalue weighted by molar-refractivity contribution is 5.40. The lowest BCUT2D eigenvalue weighted by Gasteiger charge is -2.16. The molecule has 21 heavy (non-hydrogen) atoms. The van der Waals surface area contributed by atoms with Gasteiger partial charge in [0, 0.05) is 12.6 Å². The van der Waals surface area contributed by atoms with Crippen LogP contribution in [0.15, 0.2) is 42.5 Å². The van der Waals surface area contributed by atoms with Crippen LogP contribution in [0, 0.1) is 0 Å². The normalized spacial score (nSPS) is 12.6. The van der Waals surface area contributed by atoms with Crippen LogP contribution in [0.2, 0.25) is 0 Å². The zero-order chi connectivity index (χ0) is 15.4. The minimum absolute atomic E-state index is 0.0803. The molecule has 0 fully saturated rings. The molecule has 0 saturated carbocycles. The SMILES string of the molecule is CC(C)c1ccc(C(C)NCc2ccc(O)c(O)c2)cc1. The summed E-state index contributed by atoms with van der Waals surface area (Å²) in [4.78, 5) is 0. The highest BCUT2D eigenvalue weighted by Gasteiger charge is 2.07. The average molecular weight is 285 g/mol. The van der Waals surface area contributed by atoms with Crippen molar-refractivity contribution in [3.63, 3.8) is 0 Å². The first kappa shape index (κ1) is 15.4. The maximum Gasteiger partial charge on any atom is 0.157 e. The molecule has 0 aliphatic rings. The second kappa shape index (κ2) is 6.64. The summed E-state index contributed by atoms with van der Waals surface area (Å²) >= 11 is 0. The van der Waals surface area contributed by atoms with E-state index in [4.69, 9.17) is 0 Å². The number of rotatable bonds is 5. The van der Waals surface area contributed by atoms with E-state index in [1.807, 2.05) is 0 Å². The molecule has 0 bridgehead atoms. The van der Waals surface area contributed by atoms with E-state index in [0.29, 0.717) is 12.5 Å². The number of aromatic hydroxyl groups is 2. The molecule has 3 N–H and O–H groups in total. The molecule has 1 unspecified atom stereocenters. The van der Waals surface area contributed by atoms with Gasteiger partial charge in [0.25, 0.3) is 0 Å². The fourth-order valence-corrected chi connectivity index (χ4v) is 2.24. The Morgan fingerprint density at radius 2 is 1.48 bits per heavy atom. The van der Waals surface area contributed by atoms with Crippen LogP contribution in [0.3, 0.4) is 0 Å². The summed E-state index contributed by atoms with van der Waals surface area (Å²) in [5, 5.41) is 22.2. The minimum atomic E-state index is -0.0870. The summed E-state index contributed by atoms with van der Waals surface area (Å²) in [6.07, 6.45) is 0. The molecular formula is C18H23NO2. The van der Waals surface area contributed by atoms with E-state index in [1.165, 1.54) is 17.2 Å². The standard InChI is InChI=1S/C18H23NO2/c1-12(2)15-5-7-16(8-6-15)13(3)19-11-14-4-9-17(20)18(21)10-14/h4-10,12-13,19-21H,11H2,1-3H3. The largest absolute Gasteiger partial charge is 0.504 e. The Morgan fingerprint density at radius 1 is 0.857 bits per heavy atom. The Kier molecular flexibility index (Phi) is 4.86. The van der Waals surface area contributed by atoms with Gasteiger partial charge in [-0.1, -0.05) is 44.2 Å². The van der Waals surface area contributed by atoms with Crippen LogP contribution in [0.4, 0.5) is 0 Å². The van der Waals surface area contributed by atoms with Gasteiger partial charge >= 0.3 is 0 Å². The molecule has 0 spiro atoms. The summed E-state index contributed by atoms with van der Waals surface area (Å²) < 4.78 is 0. The van der Waals surface area contributed by atoms with Crippen LogP contribution < -0.4 is 5.32 Å². The van der Waals surface area contributed by atoms with Crippen molar-refractivity contribution in [2.75, 3.05) is 0 Å². The van der Waals surface area contributed by atoms with Crippen molar-refractivity contribution in [3.05, 3.63) is 59.2 Å². The molecule has 2 rings (SSSR count). The summed E-state index contributed by atoms with van der Waals surface area (Å²) in [5.41, 5.74) is 3.52. The second-order valence-electron chi connectivity index (χ2n) is 5.75. The molecule has 1 atom stereocenters. The number of hydrogen-bond acceptors (Lipinski definition) is 3. The molecule has 2 aromatic rings. The third kappa shape index (κ3) is 3.99. The topological polar surface area (TPSA) is 52.5 Å². The smallest absolute Gasteiger partial charge is 0.157 e. The van der Waals surface area contributed by atoms with Crippen molar-refractivity contribution in [2.24, 2.45) is 0 Å². The lowest BCUT2D eigenvalue weighted by Crippen LogP contribution is -2.18. The van der Waals surface area contributed by atoms with Gasteiger partial charge < -0.3 is 15.5 Å². The quantitative estimate of drug-likeness (QED) is 0.726.